The number of aromatic nitrogens is 1. The Balaban J connectivity index is 1.66. The van der Waals surface area contributed by atoms with Gasteiger partial charge in [0.15, 0.2) is 0 Å². The van der Waals surface area contributed by atoms with Gasteiger partial charge in [0, 0.05) is 37.8 Å². The van der Waals surface area contributed by atoms with E-state index < -0.39 is 4.92 Å². The predicted octanol–water partition coefficient (Wildman–Crippen LogP) is 2.70. The summed E-state index contributed by atoms with van der Waals surface area (Å²) in [6.45, 7) is 4.37. The number of pyridine rings is 1. The van der Waals surface area contributed by atoms with E-state index in [-0.39, 0.29) is 11.2 Å². The number of thiophene rings is 1. The zero-order chi connectivity index (χ0) is 16.4. The lowest BCUT2D eigenvalue weighted by molar-refractivity contribution is -0.385. The molecule has 0 amide bonds. The Hall–Kier alpha value is -1.99. The zero-order valence-electron chi connectivity index (χ0n) is 12.9. The smallest absolute Gasteiger partial charge is 0.285 e. The van der Waals surface area contributed by atoms with Crippen LogP contribution >= 0.6 is 11.3 Å². The summed E-state index contributed by atoms with van der Waals surface area (Å²) in [5.74, 6) is 0.540. The van der Waals surface area contributed by atoms with Crippen molar-refractivity contribution in [1.29, 1.82) is 0 Å². The van der Waals surface area contributed by atoms with Gasteiger partial charge in [0.1, 0.15) is 0 Å². The monoisotopic (exact) mass is 333 g/mol. The molecular formula is C16H19N3O3S. The van der Waals surface area contributed by atoms with Crippen molar-refractivity contribution >= 4 is 17.0 Å². The molecule has 0 radical (unpaired) electrons. The molecule has 23 heavy (non-hydrogen) atoms. The lowest BCUT2D eigenvalue weighted by Crippen LogP contribution is -2.33. The maximum atomic E-state index is 11.9. The van der Waals surface area contributed by atoms with Crippen LogP contribution in [0, 0.1) is 10.1 Å². The normalized spacial score (nSPS) is 21.6. The molecule has 1 aliphatic heterocycles. The first-order valence-electron chi connectivity index (χ1n) is 7.65. The summed E-state index contributed by atoms with van der Waals surface area (Å²) in [5.41, 5.74) is 1.14. The van der Waals surface area contributed by atoms with Gasteiger partial charge in [0.2, 0.25) is 0 Å². The molecule has 122 valence electrons. The fraction of sp³-hybridized carbons (Fsp3) is 0.438. The van der Waals surface area contributed by atoms with E-state index in [0.717, 1.165) is 19.5 Å². The van der Waals surface area contributed by atoms with Gasteiger partial charge in [0.25, 0.3) is 11.2 Å². The van der Waals surface area contributed by atoms with Crippen molar-refractivity contribution in [1.82, 2.24) is 9.47 Å². The third-order valence-corrected chi connectivity index (χ3v) is 5.23. The minimum atomic E-state index is -0.471. The molecule has 0 N–H and O–H groups in total. The van der Waals surface area contributed by atoms with Gasteiger partial charge in [-0.05, 0) is 41.7 Å². The van der Waals surface area contributed by atoms with Crippen LogP contribution in [0.25, 0.3) is 0 Å². The van der Waals surface area contributed by atoms with Crippen LogP contribution in [-0.4, -0.2) is 33.5 Å². The highest BCUT2D eigenvalue weighted by Crippen LogP contribution is 2.32. The topological polar surface area (TPSA) is 68.4 Å². The molecule has 1 aliphatic rings. The second-order valence-electron chi connectivity index (χ2n) is 6.01. The third-order valence-electron chi connectivity index (χ3n) is 4.53. The fourth-order valence-corrected chi connectivity index (χ4v) is 3.94. The minimum Gasteiger partial charge on any atom is -0.308 e. The summed E-state index contributed by atoms with van der Waals surface area (Å²) in [7, 11) is 0. The zero-order valence-corrected chi connectivity index (χ0v) is 13.7. The van der Waals surface area contributed by atoms with Gasteiger partial charge < -0.3 is 4.57 Å². The number of nitrogens with zero attached hydrogens (tertiary/aromatic N) is 3. The summed E-state index contributed by atoms with van der Waals surface area (Å²) >= 11 is 1.72. The van der Waals surface area contributed by atoms with Crippen molar-refractivity contribution in [3.63, 3.8) is 0 Å². The average molecular weight is 333 g/mol. The van der Waals surface area contributed by atoms with Crippen LogP contribution < -0.4 is 5.56 Å². The van der Waals surface area contributed by atoms with Crippen molar-refractivity contribution in [3.8, 4) is 0 Å². The van der Waals surface area contributed by atoms with Gasteiger partial charge in [-0.15, -0.1) is 0 Å². The van der Waals surface area contributed by atoms with E-state index >= 15 is 0 Å². The molecule has 6 nitrogen and oxygen atoms in total. The fourth-order valence-electron chi connectivity index (χ4n) is 3.20. The molecule has 3 heterocycles. The van der Waals surface area contributed by atoms with E-state index in [2.05, 4.69) is 28.7 Å². The Kier molecular flexibility index (Phi) is 4.58. The Morgan fingerprint density at radius 1 is 1.35 bits per heavy atom. The van der Waals surface area contributed by atoms with E-state index in [9.17, 15) is 14.9 Å². The lowest BCUT2D eigenvalue weighted by Gasteiger charge is -2.21. The van der Waals surface area contributed by atoms with Crippen LogP contribution in [0.5, 0.6) is 0 Å². The van der Waals surface area contributed by atoms with Crippen molar-refractivity contribution < 1.29 is 4.92 Å². The van der Waals surface area contributed by atoms with Crippen molar-refractivity contribution in [2.75, 3.05) is 13.1 Å². The van der Waals surface area contributed by atoms with Crippen molar-refractivity contribution in [2.45, 2.75) is 31.8 Å². The highest BCUT2D eigenvalue weighted by atomic mass is 32.1. The highest BCUT2D eigenvalue weighted by Gasteiger charge is 2.29. The molecule has 0 spiro atoms. The van der Waals surface area contributed by atoms with Crippen LogP contribution in [0.15, 0.2) is 40.0 Å². The standard InChI is InChI=1S/C16H19N3O3S/c1-12-8-14(13-4-7-23-11-13)9-17(12)5-6-18-10-15(19(21)22)2-3-16(18)20/h2-4,7,10-12,14H,5-6,8-9H2,1H3/t12-,14+/m1/s1. The molecule has 2 aromatic rings. The second kappa shape index (κ2) is 6.64. The van der Waals surface area contributed by atoms with Gasteiger partial charge in [-0.25, -0.2) is 0 Å². The molecule has 2 aromatic heterocycles. The molecule has 0 aromatic carbocycles. The average Bonchev–Trinajstić information content (AvgIpc) is 3.16. The van der Waals surface area contributed by atoms with Crippen molar-refractivity contribution in [3.05, 3.63) is 61.2 Å². The number of hydrogen-bond acceptors (Lipinski definition) is 5. The maximum Gasteiger partial charge on any atom is 0.285 e. The largest absolute Gasteiger partial charge is 0.308 e. The van der Waals surface area contributed by atoms with E-state index in [1.807, 2.05) is 0 Å². The summed E-state index contributed by atoms with van der Waals surface area (Å²) in [6, 6.07) is 5.15. The summed E-state index contributed by atoms with van der Waals surface area (Å²) in [6.07, 6.45) is 2.44. The van der Waals surface area contributed by atoms with Crippen LogP contribution in [0.4, 0.5) is 5.69 Å². The number of nitro groups is 1. The van der Waals surface area contributed by atoms with Crippen molar-refractivity contribution in [2.24, 2.45) is 0 Å². The molecule has 1 saturated heterocycles. The summed E-state index contributed by atoms with van der Waals surface area (Å²) in [5, 5.41) is 15.1. The first-order valence-corrected chi connectivity index (χ1v) is 8.60. The Morgan fingerprint density at radius 2 is 2.17 bits per heavy atom. The number of likely N-dealkylation sites (tertiary alicyclic amines) is 1. The quantitative estimate of drug-likeness (QED) is 0.623. The predicted molar refractivity (Wildman–Crippen MR) is 90.1 cm³/mol. The molecule has 0 aliphatic carbocycles. The van der Waals surface area contributed by atoms with E-state index in [1.165, 1.54) is 28.5 Å². The van der Waals surface area contributed by atoms with Crippen LogP contribution in [0.3, 0.4) is 0 Å². The third kappa shape index (κ3) is 3.51. The van der Waals surface area contributed by atoms with E-state index in [1.54, 1.807) is 11.3 Å². The molecule has 1 fully saturated rings. The van der Waals surface area contributed by atoms with Gasteiger partial charge in [-0.3, -0.25) is 19.8 Å². The molecule has 7 heteroatoms. The van der Waals surface area contributed by atoms with Gasteiger partial charge >= 0.3 is 0 Å². The highest BCUT2D eigenvalue weighted by molar-refractivity contribution is 7.07. The van der Waals surface area contributed by atoms with E-state index in [0.29, 0.717) is 18.5 Å². The van der Waals surface area contributed by atoms with Crippen LogP contribution in [-0.2, 0) is 6.54 Å². The molecule has 0 unspecified atom stereocenters. The summed E-state index contributed by atoms with van der Waals surface area (Å²) < 4.78 is 1.43. The van der Waals surface area contributed by atoms with Crippen LogP contribution in [0.2, 0.25) is 0 Å². The van der Waals surface area contributed by atoms with Crippen LogP contribution in [0.1, 0.15) is 24.8 Å². The molecule has 3 rings (SSSR count). The Labute approximate surface area is 138 Å². The summed E-state index contributed by atoms with van der Waals surface area (Å²) in [4.78, 5) is 24.6. The lowest BCUT2D eigenvalue weighted by atomic mass is 10.00. The minimum absolute atomic E-state index is 0.0461. The molecule has 2 atom stereocenters. The van der Waals surface area contributed by atoms with E-state index in [4.69, 9.17) is 0 Å². The molecule has 0 saturated carbocycles. The first-order chi connectivity index (χ1) is 11.0. The SMILES string of the molecule is C[C@@H]1C[C@H](c2ccsc2)CN1CCn1cc([N+](=O)[O-])ccc1=O. The Morgan fingerprint density at radius 3 is 2.87 bits per heavy atom. The van der Waals surface area contributed by atoms with Gasteiger partial charge in [0.05, 0.1) is 11.1 Å². The second-order valence-corrected chi connectivity index (χ2v) is 6.79. The number of hydrogen-bond donors (Lipinski definition) is 0. The Bertz CT molecular complexity index is 741. The maximum absolute atomic E-state index is 11.9. The molecule has 0 bridgehead atoms. The van der Waals surface area contributed by atoms with Gasteiger partial charge in [-0.2, -0.15) is 11.3 Å². The first kappa shape index (κ1) is 15.9. The molecular weight excluding hydrogens is 314 g/mol. The number of rotatable bonds is 5. The van der Waals surface area contributed by atoms with Gasteiger partial charge in [-0.1, -0.05) is 0 Å².